The molecule has 0 saturated heterocycles. The minimum Gasteiger partial charge on any atom is -0.496 e. The Bertz CT molecular complexity index is 863. The van der Waals surface area contributed by atoms with Crippen molar-refractivity contribution in [2.45, 2.75) is 6.54 Å². The van der Waals surface area contributed by atoms with E-state index in [1.165, 1.54) is 11.7 Å². The van der Waals surface area contributed by atoms with Crippen molar-refractivity contribution < 1.29 is 13.9 Å². The predicted octanol–water partition coefficient (Wildman–Crippen LogP) is 1.86. The molecular weight excluding hydrogens is 272 g/mol. The molecule has 0 spiro atoms. The lowest BCUT2D eigenvalue weighted by atomic mass is 10.1. The summed E-state index contributed by atoms with van der Waals surface area (Å²) >= 11 is 0. The highest BCUT2D eigenvalue weighted by molar-refractivity contribution is 5.75. The Kier molecular flexibility index (Phi) is 3.27. The maximum atomic E-state index is 11.9. The van der Waals surface area contributed by atoms with Gasteiger partial charge in [0.25, 0.3) is 0 Å². The van der Waals surface area contributed by atoms with Gasteiger partial charge in [-0.1, -0.05) is 0 Å². The number of ether oxygens (including phenoxy) is 1. The van der Waals surface area contributed by atoms with E-state index in [0.29, 0.717) is 28.1 Å². The van der Waals surface area contributed by atoms with Crippen molar-refractivity contribution >= 4 is 17.5 Å². The molecule has 3 rings (SSSR count). The van der Waals surface area contributed by atoms with Crippen LogP contribution in [0.1, 0.15) is 15.9 Å². The van der Waals surface area contributed by atoms with E-state index in [2.05, 4.69) is 4.98 Å². The molecule has 0 aliphatic rings. The van der Waals surface area contributed by atoms with Gasteiger partial charge in [-0.25, -0.2) is 9.78 Å². The third kappa shape index (κ3) is 2.31. The monoisotopic (exact) mass is 284 g/mol. The van der Waals surface area contributed by atoms with Gasteiger partial charge in [-0.3, -0.25) is 9.36 Å². The molecule has 21 heavy (non-hydrogen) atoms. The number of hydrogen-bond acceptors (Lipinski definition) is 5. The Morgan fingerprint density at radius 1 is 1.38 bits per heavy atom. The largest absolute Gasteiger partial charge is 0.496 e. The molecule has 6 nitrogen and oxygen atoms in total. The van der Waals surface area contributed by atoms with Gasteiger partial charge < -0.3 is 9.15 Å². The number of fused-ring (bicyclic) bond motifs is 1. The number of rotatable bonds is 4. The maximum Gasteiger partial charge on any atom is 0.421 e. The topological polar surface area (TPSA) is 74.3 Å². The van der Waals surface area contributed by atoms with Crippen LogP contribution in [0.2, 0.25) is 0 Å². The number of oxazole rings is 1. The van der Waals surface area contributed by atoms with E-state index in [1.54, 1.807) is 36.5 Å². The zero-order chi connectivity index (χ0) is 14.8. The van der Waals surface area contributed by atoms with E-state index >= 15 is 0 Å². The second-order valence-electron chi connectivity index (χ2n) is 4.47. The van der Waals surface area contributed by atoms with E-state index in [9.17, 15) is 9.59 Å². The average molecular weight is 284 g/mol. The second-order valence-corrected chi connectivity index (χ2v) is 4.47. The normalized spacial score (nSPS) is 10.7. The van der Waals surface area contributed by atoms with Crippen LogP contribution >= 0.6 is 0 Å². The molecule has 0 bridgehead atoms. The highest BCUT2D eigenvalue weighted by Crippen LogP contribution is 2.21. The lowest BCUT2D eigenvalue weighted by Gasteiger charge is -2.09. The maximum absolute atomic E-state index is 11.9. The van der Waals surface area contributed by atoms with Crippen molar-refractivity contribution in [3.05, 3.63) is 58.2 Å². The highest BCUT2D eigenvalue weighted by Gasteiger charge is 2.13. The van der Waals surface area contributed by atoms with Gasteiger partial charge >= 0.3 is 5.76 Å². The molecule has 0 unspecified atom stereocenters. The average Bonchev–Trinajstić information content (AvgIpc) is 2.83. The second kappa shape index (κ2) is 5.24. The summed E-state index contributed by atoms with van der Waals surface area (Å²) in [5.74, 6) is 0.0973. The van der Waals surface area contributed by atoms with Gasteiger partial charge in [0.15, 0.2) is 11.2 Å². The Labute approximate surface area is 119 Å². The summed E-state index contributed by atoms with van der Waals surface area (Å²) < 4.78 is 11.8. The Hall–Kier alpha value is -2.89. The molecule has 3 aromatic rings. The molecule has 106 valence electrons. The fourth-order valence-electron chi connectivity index (χ4n) is 2.21. The molecule has 2 heterocycles. The molecule has 2 aromatic heterocycles. The van der Waals surface area contributed by atoms with Crippen molar-refractivity contribution in [2.24, 2.45) is 0 Å². The van der Waals surface area contributed by atoms with Crippen LogP contribution in [0, 0.1) is 0 Å². The third-order valence-electron chi connectivity index (χ3n) is 3.19. The van der Waals surface area contributed by atoms with E-state index in [1.807, 2.05) is 0 Å². The molecule has 0 atom stereocenters. The fraction of sp³-hybridized carbons (Fsp3) is 0.133. The molecule has 0 N–H and O–H groups in total. The smallest absolute Gasteiger partial charge is 0.421 e. The summed E-state index contributed by atoms with van der Waals surface area (Å²) in [6, 6.07) is 8.41. The molecule has 0 amide bonds. The molecule has 1 aromatic carbocycles. The Morgan fingerprint density at radius 3 is 3.00 bits per heavy atom. The Balaban J connectivity index is 2.12. The first kappa shape index (κ1) is 13.1. The minimum atomic E-state index is -0.498. The summed E-state index contributed by atoms with van der Waals surface area (Å²) in [4.78, 5) is 27.0. The number of nitrogens with zero attached hydrogens (tertiary/aromatic N) is 2. The number of carbonyl (C=O) groups excluding carboxylic acids is 1. The summed E-state index contributed by atoms with van der Waals surface area (Å²) in [5, 5.41) is 0. The van der Waals surface area contributed by atoms with Crippen LogP contribution in [-0.2, 0) is 6.54 Å². The summed E-state index contributed by atoms with van der Waals surface area (Å²) in [5.41, 5.74) is 2.10. The van der Waals surface area contributed by atoms with Gasteiger partial charge in [0, 0.05) is 17.3 Å². The summed E-state index contributed by atoms with van der Waals surface area (Å²) in [7, 11) is 1.54. The first-order valence-corrected chi connectivity index (χ1v) is 6.29. The van der Waals surface area contributed by atoms with Crippen LogP contribution in [0.3, 0.4) is 0 Å². The zero-order valence-electron chi connectivity index (χ0n) is 11.3. The van der Waals surface area contributed by atoms with Gasteiger partial charge in [0.1, 0.15) is 12.0 Å². The summed E-state index contributed by atoms with van der Waals surface area (Å²) in [6.45, 7) is 0.216. The van der Waals surface area contributed by atoms with Gasteiger partial charge in [0.2, 0.25) is 0 Å². The quantitative estimate of drug-likeness (QED) is 0.684. The SMILES string of the molecule is COc1ccc(C=O)cc1Cn1c(=O)oc2cccnc21. The van der Waals surface area contributed by atoms with Crippen LogP contribution in [0.25, 0.3) is 11.2 Å². The van der Waals surface area contributed by atoms with Gasteiger partial charge in [-0.05, 0) is 30.3 Å². The van der Waals surface area contributed by atoms with Crippen LogP contribution < -0.4 is 10.5 Å². The number of benzene rings is 1. The molecular formula is C15H12N2O4. The van der Waals surface area contributed by atoms with Crippen LogP contribution in [0.15, 0.2) is 45.7 Å². The number of carbonyl (C=O) groups is 1. The van der Waals surface area contributed by atoms with Crippen molar-refractivity contribution in [1.82, 2.24) is 9.55 Å². The minimum absolute atomic E-state index is 0.216. The molecule has 0 aliphatic carbocycles. The van der Waals surface area contributed by atoms with Crippen molar-refractivity contribution in [3.8, 4) is 5.75 Å². The van der Waals surface area contributed by atoms with Gasteiger partial charge in [-0.15, -0.1) is 0 Å². The number of hydrogen-bond donors (Lipinski definition) is 0. The van der Waals surface area contributed by atoms with Crippen molar-refractivity contribution in [2.75, 3.05) is 7.11 Å². The molecule has 0 radical (unpaired) electrons. The van der Waals surface area contributed by atoms with Crippen molar-refractivity contribution in [3.63, 3.8) is 0 Å². The van der Waals surface area contributed by atoms with E-state index in [0.717, 1.165) is 6.29 Å². The number of methoxy groups -OCH3 is 1. The first-order valence-electron chi connectivity index (χ1n) is 6.29. The molecule has 0 fully saturated rings. The van der Waals surface area contributed by atoms with Crippen molar-refractivity contribution in [1.29, 1.82) is 0 Å². The van der Waals surface area contributed by atoms with Gasteiger partial charge in [-0.2, -0.15) is 0 Å². The molecule has 0 saturated carbocycles. The first-order chi connectivity index (χ1) is 10.2. The number of pyridine rings is 1. The zero-order valence-corrected chi connectivity index (χ0v) is 11.3. The van der Waals surface area contributed by atoms with Crippen LogP contribution in [0.4, 0.5) is 0 Å². The fourth-order valence-corrected chi connectivity index (χ4v) is 2.21. The highest BCUT2D eigenvalue weighted by atomic mass is 16.5. The van der Waals surface area contributed by atoms with Gasteiger partial charge in [0.05, 0.1) is 13.7 Å². The van der Waals surface area contributed by atoms with E-state index in [4.69, 9.17) is 9.15 Å². The van der Waals surface area contributed by atoms with E-state index < -0.39 is 5.76 Å². The molecule has 6 heteroatoms. The Morgan fingerprint density at radius 2 is 2.24 bits per heavy atom. The lowest BCUT2D eigenvalue weighted by Crippen LogP contribution is -2.16. The number of aldehydes is 1. The van der Waals surface area contributed by atoms with Crippen LogP contribution in [0.5, 0.6) is 5.75 Å². The van der Waals surface area contributed by atoms with E-state index in [-0.39, 0.29) is 6.54 Å². The predicted molar refractivity (Wildman–Crippen MR) is 75.8 cm³/mol. The lowest BCUT2D eigenvalue weighted by molar-refractivity contribution is 0.112. The number of aromatic nitrogens is 2. The standard InChI is InChI=1S/C15H12N2O4/c1-20-12-5-4-10(9-18)7-11(12)8-17-14-13(21-15(17)19)3-2-6-16-14/h2-7,9H,8H2,1H3. The summed E-state index contributed by atoms with van der Waals surface area (Å²) in [6.07, 6.45) is 2.34. The third-order valence-corrected chi connectivity index (χ3v) is 3.19. The van der Waals surface area contributed by atoms with Crippen LogP contribution in [-0.4, -0.2) is 22.9 Å². The molecule has 0 aliphatic heterocycles.